The highest BCUT2D eigenvalue weighted by molar-refractivity contribution is 5.96. The van der Waals surface area contributed by atoms with Crippen molar-refractivity contribution in [3.05, 3.63) is 65.5 Å². The summed E-state index contributed by atoms with van der Waals surface area (Å²) in [6, 6.07) is 12.4. The van der Waals surface area contributed by atoms with Crippen molar-refractivity contribution in [3.63, 3.8) is 0 Å². The van der Waals surface area contributed by atoms with E-state index < -0.39 is 5.91 Å². The van der Waals surface area contributed by atoms with E-state index in [1.165, 1.54) is 30.5 Å². The van der Waals surface area contributed by atoms with E-state index in [0.717, 1.165) is 12.8 Å². The Morgan fingerprint density at radius 2 is 1.81 bits per heavy atom. The SMILES string of the molecule is CCCCOc1ccc(C(=O)NCC(=O)NN=Cc2ccc(F)cc2)cc1. The van der Waals surface area contributed by atoms with E-state index in [1.54, 1.807) is 24.3 Å². The van der Waals surface area contributed by atoms with E-state index >= 15 is 0 Å². The highest BCUT2D eigenvalue weighted by Crippen LogP contribution is 2.12. The summed E-state index contributed by atoms with van der Waals surface area (Å²) in [5.41, 5.74) is 3.36. The average Bonchev–Trinajstić information content (AvgIpc) is 2.68. The zero-order valence-electron chi connectivity index (χ0n) is 15.1. The molecule has 0 aliphatic carbocycles. The number of amides is 2. The van der Waals surface area contributed by atoms with Crippen molar-refractivity contribution in [3.8, 4) is 5.75 Å². The van der Waals surface area contributed by atoms with Crippen LogP contribution in [0.2, 0.25) is 0 Å². The van der Waals surface area contributed by atoms with Gasteiger partial charge in [-0.15, -0.1) is 0 Å². The second-order valence-corrected chi connectivity index (χ2v) is 5.75. The van der Waals surface area contributed by atoms with Crippen molar-refractivity contribution in [2.45, 2.75) is 19.8 Å². The maximum Gasteiger partial charge on any atom is 0.259 e. The van der Waals surface area contributed by atoms with Crippen LogP contribution in [0.3, 0.4) is 0 Å². The topological polar surface area (TPSA) is 79.8 Å². The van der Waals surface area contributed by atoms with Crippen molar-refractivity contribution in [1.29, 1.82) is 0 Å². The number of hydrogen-bond acceptors (Lipinski definition) is 4. The number of halogens is 1. The molecule has 2 aromatic rings. The molecule has 7 heteroatoms. The van der Waals surface area contributed by atoms with Gasteiger partial charge in [-0.25, -0.2) is 9.82 Å². The van der Waals surface area contributed by atoms with Gasteiger partial charge in [0, 0.05) is 5.56 Å². The number of carbonyl (C=O) groups is 2. The van der Waals surface area contributed by atoms with Crippen LogP contribution in [0.15, 0.2) is 53.6 Å². The van der Waals surface area contributed by atoms with Gasteiger partial charge in [0.1, 0.15) is 11.6 Å². The molecule has 0 saturated heterocycles. The third-order valence-electron chi connectivity index (χ3n) is 3.57. The quantitative estimate of drug-likeness (QED) is 0.404. The fourth-order valence-electron chi connectivity index (χ4n) is 2.07. The molecule has 0 aliphatic rings. The number of ether oxygens (including phenoxy) is 1. The third kappa shape index (κ3) is 7.27. The van der Waals surface area contributed by atoms with Crippen molar-refractivity contribution >= 4 is 18.0 Å². The minimum Gasteiger partial charge on any atom is -0.494 e. The van der Waals surface area contributed by atoms with Crippen molar-refractivity contribution in [1.82, 2.24) is 10.7 Å². The molecule has 6 nitrogen and oxygen atoms in total. The van der Waals surface area contributed by atoms with Gasteiger partial charge in [0.15, 0.2) is 0 Å². The Hall–Kier alpha value is -3.22. The molecule has 0 aromatic heterocycles. The van der Waals surface area contributed by atoms with Crippen molar-refractivity contribution in [2.24, 2.45) is 5.10 Å². The van der Waals surface area contributed by atoms with Crippen LogP contribution in [0.25, 0.3) is 0 Å². The Morgan fingerprint density at radius 3 is 2.48 bits per heavy atom. The summed E-state index contributed by atoms with van der Waals surface area (Å²) in [6.07, 6.45) is 3.41. The van der Waals surface area contributed by atoms with E-state index in [-0.39, 0.29) is 18.3 Å². The molecule has 2 N–H and O–H groups in total. The summed E-state index contributed by atoms with van der Waals surface area (Å²) < 4.78 is 18.3. The van der Waals surface area contributed by atoms with Crippen LogP contribution in [-0.2, 0) is 4.79 Å². The fraction of sp³-hybridized carbons (Fsp3) is 0.250. The zero-order valence-corrected chi connectivity index (χ0v) is 15.1. The van der Waals surface area contributed by atoms with E-state index in [9.17, 15) is 14.0 Å². The van der Waals surface area contributed by atoms with E-state index in [1.807, 2.05) is 0 Å². The van der Waals surface area contributed by atoms with Gasteiger partial charge in [0.2, 0.25) is 0 Å². The summed E-state index contributed by atoms with van der Waals surface area (Å²) in [5.74, 6) is -0.485. The molecule has 0 atom stereocenters. The molecule has 0 heterocycles. The van der Waals surface area contributed by atoms with Crippen LogP contribution in [-0.4, -0.2) is 31.2 Å². The Morgan fingerprint density at radius 1 is 1.11 bits per heavy atom. The molecule has 27 heavy (non-hydrogen) atoms. The second-order valence-electron chi connectivity index (χ2n) is 5.75. The minimum atomic E-state index is -0.471. The summed E-state index contributed by atoms with van der Waals surface area (Å²) >= 11 is 0. The van der Waals surface area contributed by atoms with Gasteiger partial charge < -0.3 is 10.1 Å². The number of nitrogens with one attached hydrogen (secondary N) is 2. The van der Waals surface area contributed by atoms with Gasteiger partial charge >= 0.3 is 0 Å². The first-order chi connectivity index (χ1) is 13.1. The van der Waals surface area contributed by atoms with Gasteiger partial charge in [-0.05, 0) is 48.4 Å². The lowest BCUT2D eigenvalue weighted by Crippen LogP contribution is -2.34. The van der Waals surface area contributed by atoms with Crippen molar-refractivity contribution in [2.75, 3.05) is 13.2 Å². The van der Waals surface area contributed by atoms with Crippen LogP contribution in [0.1, 0.15) is 35.7 Å². The second kappa shape index (κ2) is 10.7. The lowest BCUT2D eigenvalue weighted by Gasteiger charge is -2.07. The molecule has 0 fully saturated rings. The summed E-state index contributed by atoms with van der Waals surface area (Å²) in [4.78, 5) is 23.7. The molecule has 0 radical (unpaired) electrons. The molecule has 0 bridgehead atoms. The van der Waals surface area contributed by atoms with Crippen LogP contribution in [0.5, 0.6) is 5.75 Å². The Bertz CT molecular complexity index is 774. The van der Waals surface area contributed by atoms with E-state index in [0.29, 0.717) is 23.5 Å². The summed E-state index contributed by atoms with van der Waals surface area (Å²) in [6.45, 7) is 2.51. The molecule has 0 saturated carbocycles. The van der Waals surface area contributed by atoms with Gasteiger partial charge in [0.05, 0.1) is 19.4 Å². The number of unbranched alkanes of at least 4 members (excludes halogenated alkanes) is 1. The number of hydrazone groups is 1. The Balaban J connectivity index is 1.74. The molecule has 2 aromatic carbocycles. The molecule has 2 amide bonds. The normalized spacial score (nSPS) is 10.6. The van der Waals surface area contributed by atoms with Gasteiger partial charge in [0.25, 0.3) is 11.8 Å². The van der Waals surface area contributed by atoms with E-state index in [2.05, 4.69) is 22.8 Å². The predicted molar refractivity (Wildman–Crippen MR) is 101 cm³/mol. The van der Waals surface area contributed by atoms with Crippen LogP contribution < -0.4 is 15.5 Å². The Kier molecular flexibility index (Phi) is 7.96. The predicted octanol–water partition coefficient (Wildman–Crippen LogP) is 2.88. The van der Waals surface area contributed by atoms with Crippen LogP contribution in [0.4, 0.5) is 4.39 Å². The maximum absolute atomic E-state index is 12.8. The first-order valence-electron chi connectivity index (χ1n) is 8.67. The lowest BCUT2D eigenvalue weighted by molar-refractivity contribution is -0.120. The number of hydrogen-bond donors (Lipinski definition) is 2. The van der Waals surface area contributed by atoms with Crippen LogP contribution >= 0.6 is 0 Å². The maximum atomic E-state index is 12.8. The number of carbonyl (C=O) groups excluding carboxylic acids is 2. The fourth-order valence-corrected chi connectivity index (χ4v) is 2.07. The summed E-state index contributed by atoms with van der Waals surface area (Å²) in [5, 5.41) is 6.27. The number of benzene rings is 2. The summed E-state index contributed by atoms with van der Waals surface area (Å²) in [7, 11) is 0. The molecule has 142 valence electrons. The molecule has 0 aliphatic heterocycles. The molecular formula is C20H22FN3O3. The zero-order chi connectivity index (χ0) is 19.5. The highest BCUT2D eigenvalue weighted by Gasteiger charge is 2.07. The third-order valence-corrected chi connectivity index (χ3v) is 3.57. The standard InChI is InChI=1S/C20H22FN3O3/c1-2-3-12-27-18-10-6-16(7-11-18)20(26)22-14-19(25)24-23-13-15-4-8-17(21)9-5-15/h4-11,13H,2-3,12,14H2,1H3,(H,22,26)(H,24,25). The van der Waals surface area contributed by atoms with Crippen LogP contribution in [0, 0.1) is 5.82 Å². The smallest absolute Gasteiger partial charge is 0.259 e. The van der Waals surface area contributed by atoms with Crippen molar-refractivity contribution < 1.29 is 18.7 Å². The van der Waals surface area contributed by atoms with Gasteiger partial charge in [-0.2, -0.15) is 5.10 Å². The highest BCUT2D eigenvalue weighted by atomic mass is 19.1. The molecule has 0 spiro atoms. The lowest BCUT2D eigenvalue weighted by atomic mass is 10.2. The first kappa shape index (κ1) is 20.1. The molecule has 0 unspecified atom stereocenters. The van der Waals surface area contributed by atoms with Gasteiger partial charge in [-0.1, -0.05) is 25.5 Å². The monoisotopic (exact) mass is 371 g/mol. The largest absolute Gasteiger partial charge is 0.494 e. The number of nitrogens with zero attached hydrogens (tertiary/aromatic N) is 1. The van der Waals surface area contributed by atoms with Gasteiger partial charge in [-0.3, -0.25) is 9.59 Å². The first-order valence-corrected chi connectivity index (χ1v) is 8.67. The number of rotatable bonds is 9. The average molecular weight is 371 g/mol. The minimum absolute atomic E-state index is 0.214. The molecule has 2 rings (SSSR count). The van der Waals surface area contributed by atoms with E-state index in [4.69, 9.17) is 4.74 Å². The molecular weight excluding hydrogens is 349 g/mol. The Labute approximate surface area is 157 Å².